The van der Waals surface area contributed by atoms with Crippen molar-refractivity contribution in [2.24, 2.45) is 0 Å². The molecule has 8 heteroatoms. The number of carbonyl (C=O) groups is 1. The highest BCUT2D eigenvalue weighted by molar-refractivity contribution is 6.30. The molecule has 0 fully saturated rings. The van der Waals surface area contributed by atoms with Crippen LogP contribution >= 0.6 is 11.6 Å². The Balaban J connectivity index is 1.85. The van der Waals surface area contributed by atoms with E-state index in [2.05, 4.69) is 10.4 Å². The Bertz CT molecular complexity index is 1100. The Kier molecular flexibility index (Phi) is 6.36. The van der Waals surface area contributed by atoms with Crippen molar-refractivity contribution < 1.29 is 18.7 Å². The van der Waals surface area contributed by atoms with Gasteiger partial charge in [0.15, 0.2) is 17.4 Å². The molecular weight excluding hydrogens is 424 g/mol. The molecule has 164 valence electrons. The second kappa shape index (κ2) is 8.67. The molecule has 1 heterocycles. The summed E-state index contributed by atoms with van der Waals surface area (Å²) in [4.78, 5) is 12.7. The van der Waals surface area contributed by atoms with Gasteiger partial charge in [-0.1, -0.05) is 38.4 Å². The molecule has 31 heavy (non-hydrogen) atoms. The summed E-state index contributed by atoms with van der Waals surface area (Å²) in [6.45, 7) is 7.80. The number of nitrogens with one attached hydrogen (secondary N) is 1. The number of phenolic OH excluding ortho intramolecular Hbond substituents is 1. The molecule has 0 aliphatic rings. The predicted octanol–water partition coefficient (Wildman–Crippen LogP) is 5.23. The largest absolute Gasteiger partial charge is 0.503 e. The van der Waals surface area contributed by atoms with Gasteiger partial charge < -0.3 is 10.4 Å². The van der Waals surface area contributed by atoms with Crippen LogP contribution in [0.1, 0.15) is 50.6 Å². The van der Waals surface area contributed by atoms with Crippen LogP contribution in [0.15, 0.2) is 42.5 Å². The fourth-order valence-corrected chi connectivity index (χ4v) is 3.25. The monoisotopic (exact) mass is 447 g/mol. The molecule has 3 rings (SSSR count). The van der Waals surface area contributed by atoms with E-state index in [4.69, 9.17) is 11.6 Å². The van der Waals surface area contributed by atoms with Crippen molar-refractivity contribution >= 4 is 17.5 Å². The van der Waals surface area contributed by atoms with E-state index in [0.29, 0.717) is 5.02 Å². The van der Waals surface area contributed by atoms with Crippen molar-refractivity contribution in [2.75, 3.05) is 0 Å². The molecule has 0 aliphatic heterocycles. The normalized spacial score (nSPS) is 12.6. The SMILES string of the molecule is CC(C(=O)NCc1cc(C(C)(C)C)nn1-c1cccc(Cl)c1)c1cc(F)c(O)c(F)c1. The zero-order valence-electron chi connectivity index (χ0n) is 17.7. The maximum atomic E-state index is 13.7. The van der Waals surface area contributed by atoms with Crippen LogP contribution in [0.25, 0.3) is 5.69 Å². The molecule has 0 radical (unpaired) electrons. The molecular formula is C23H24ClF2N3O2. The molecule has 1 amide bonds. The number of hydrogen-bond donors (Lipinski definition) is 2. The quantitative estimate of drug-likeness (QED) is 0.563. The number of aromatic nitrogens is 2. The molecule has 1 aromatic heterocycles. The maximum Gasteiger partial charge on any atom is 0.227 e. The van der Waals surface area contributed by atoms with Gasteiger partial charge in [-0.05, 0) is 48.9 Å². The van der Waals surface area contributed by atoms with E-state index in [1.165, 1.54) is 6.92 Å². The van der Waals surface area contributed by atoms with Gasteiger partial charge in [0, 0.05) is 10.4 Å². The fourth-order valence-electron chi connectivity index (χ4n) is 3.06. The average molecular weight is 448 g/mol. The fraction of sp³-hybridized carbons (Fsp3) is 0.304. The lowest BCUT2D eigenvalue weighted by Gasteiger charge is -2.14. The van der Waals surface area contributed by atoms with Gasteiger partial charge in [0.25, 0.3) is 0 Å². The Labute approximate surface area is 184 Å². The molecule has 0 bridgehead atoms. The molecule has 2 N–H and O–H groups in total. The highest BCUT2D eigenvalue weighted by atomic mass is 35.5. The zero-order valence-corrected chi connectivity index (χ0v) is 18.5. The van der Waals surface area contributed by atoms with Gasteiger partial charge in [-0.3, -0.25) is 4.79 Å². The highest BCUT2D eigenvalue weighted by Gasteiger charge is 2.23. The third-order valence-electron chi connectivity index (χ3n) is 4.98. The molecule has 0 saturated heterocycles. The van der Waals surface area contributed by atoms with Gasteiger partial charge in [-0.15, -0.1) is 0 Å². The molecule has 3 aromatic rings. The van der Waals surface area contributed by atoms with Gasteiger partial charge in [-0.25, -0.2) is 13.5 Å². The van der Waals surface area contributed by atoms with E-state index in [1.54, 1.807) is 16.8 Å². The summed E-state index contributed by atoms with van der Waals surface area (Å²) in [5.41, 5.74) is 2.24. The zero-order chi connectivity index (χ0) is 22.9. The summed E-state index contributed by atoms with van der Waals surface area (Å²) in [6, 6.07) is 11.0. The second-order valence-corrected chi connectivity index (χ2v) is 8.87. The summed E-state index contributed by atoms with van der Waals surface area (Å²) >= 11 is 6.13. The summed E-state index contributed by atoms with van der Waals surface area (Å²) in [6.07, 6.45) is 0. The van der Waals surface area contributed by atoms with Crippen LogP contribution in [0.2, 0.25) is 5.02 Å². The lowest BCUT2D eigenvalue weighted by Crippen LogP contribution is -2.28. The van der Waals surface area contributed by atoms with Crippen LogP contribution in [0, 0.1) is 11.6 Å². The molecule has 0 aliphatic carbocycles. The lowest BCUT2D eigenvalue weighted by atomic mass is 9.92. The number of aromatic hydroxyl groups is 1. The van der Waals surface area contributed by atoms with Gasteiger partial charge >= 0.3 is 0 Å². The molecule has 0 spiro atoms. The second-order valence-electron chi connectivity index (χ2n) is 8.44. The van der Waals surface area contributed by atoms with E-state index >= 15 is 0 Å². The smallest absolute Gasteiger partial charge is 0.227 e. The minimum absolute atomic E-state index is 0.129. The minimum Gasteiger partial charge on any atom is -0.503 e. The predicted molar refractivity (Wildman–Crippen MR) is 116 cm³/mol. The Morgan fingerprint density at radius 3 is 2.42 bits per heavy atom. The van der Waals surface area contributed by atoms with Crippen LogP contribution in [0.5, 0.6) is 5.75 Å². The number of halogens is 3. The topological polar surface area (TPSA) is 67.2 Å². The number of amides is 1. The first-order chi connectivity index (χ1) is 14.5. The Morgan fingerprint density at radius 1 is 1.19 bits per heavy atom. The van der Waals surface area contributed by atoms with E-state index in [9.17, 15) is 18.7 Å². The third kappa shape index (κ3) is 5.05. The standard InChI is InChI=1S/C23H24ClF2N3O2/c1-13(14-8-18(25)21(30)19(26)9-14)22(31)27-12-17-11-20(23(2,3)4)28-29(17)16-7-5-6-15(24)10-16/h5-11,13,30H,12H2,1-4H3,(H,27,31). The van der Waals surface area contributed by atoms with E-state index in [0.717, 1.165) is 29.2 Å². The van der Waals surface area contributed by atoms with Crippen LogP contribution in [-0.2, 0) is 16.8 Å². The molecule has 0 saturated carbocycles. The van der Waals surface area contributed by atoms with E-state index in [1.807, 2.05) is 39.0 Å². The minimum atomic E-state index is -1.11. The number of nitrogens with zero attached hydrogens (tertiary/aromatic N) is 2. The number of carbonyl (C=O) groups excluding carboxylic acids is 1. The van der Waals surface area contributed by atoms with Crippen molar-refractivity contribution in [1.82, 2.24) is 15.1 Å². The number of benzene rings is 2. The average Bonchev–Trinajstić information content (AvgIpc) is 3.14. The highest BCUT2D eigenvalue weighted by Crippen LogP contribution is 2.27. The number of hydrogen-bond acceptors (Lipinski definition) is 3. The first kappa shape index (κ1) is 22.7. The van der Waals surface area contributed by atoms with Gasteiger partial charge in [0.05, 0.1) is 29.5 Å². The van der Waals surface area contributed by atoms with Crippen molar-refractivity contribution in [3.63, 3.8) is 0 Å². The van der Waals surface area contributed by atoms with Crippen LogP contribution in [0.4, 0.5) is 8.78 Å². The first-order valence-corrected chi connectivity index (χ1v) is 10.2. The van der Waals surface area contributed by atoms with E-state index < -0.39 is 29.2 Å². The molecule has 5 nitrogen and oxygen atoms in total. The van der Waals surface area contributed by atoms with Crippen LogP contribution in [0.3, 0.4) is 0 Å². The lowest BCUT2D eigenvalue weighted by molar-refractivity contribution is -0.122. The first-order valence-electron chi connectivity index (χ1n) is 9.78. The van der Waals surface area contributed by atoms with Crippen LogP contribution < -0.4 is 5.32 Å². The summed E-state index contributed by atoms with van der Waals surface area (Å²) in [5.74, 6) is -4.52. The van der Waals surface area contributed by atoms with Crippen molar-refractivity contribution in [2.45, 2.75) is 45.6 Å². The molecule has 1 unspecified atom stereocenters. The number of phenols is 1. The summed E-state index contributed by atoms with van der Waals surface area (Å²) in [7, 11) is 0. The third-order valence-corrected chi connectivity index (χ3v) is 5.22. The van der Waals surface area contributed by atoms with Gasteiger partial charge in [0.1, 0.15) is 0 Å². The van der Waals surface area contributed by atoms with E-state index in [-0.39, 0.29) is 17.5 Å². The Hall–Kier alpha value is -2.93. The van der Waals surface area contributed by atoms with Crippen LogP contribution in [-0.4, -0.2) is 20.8 Å². The van der Waals surface area contributed by atoms with Gasteiger partial charge in [-0.2, -0.15) is 5.10 Å². The van der Waals surface area contributed by atoms with Crippen molar-refractivity contribution in [3.8, 4) is 11.4 Å². The number of rotatable bonds is 5. The Morgan fingerprint density at radius 2 is 1.84 bits per heavy atom. The van der Waals surface area contributed by atoms with Crippen molar-refractivity contribution in [1.29, 1.82) is 0 Å². The molecule has 1 atom stereocenters. The summed E-state index contributed by atoms with van der Waals surface area (Å²) in [5, 5.41) is 17.3. The molecule has 2 aromatic carbocycles. The van der Waals surface area contributed by atoms with Crippen molar-refractivity contribution in [3.05, 3.63) is 76.1 Å². The maximum absolute atomic E-state index is 13.7. The van der Waals surface area contributed by atoms with Gasteiger partial charge in [0.2, 0.25) is 5.91 Å². The summed E-state index contributed by atoms with van der Waals surface area (Å²) < 4.78 is 29.0.